The van der Waals surface area contributed by atoms with Crippen LogP contribution < -0.4 is 0 Å². The third-order valence-corrected chi connectivity index (χ3v) is 24.4. The maximum atomic E-state index is 14.2. The van der Waals surface area contributed by atoms with Gasteiger partial charge in [0.05, 0.1) is 0 Å². The summed E-state index contributed by atoms with van der Waals surface area (Å²) in [7, 11) is 0. The molecule has 0 saturated heterocycles. The number of hydrogen-bond donors (Lipinski definition) is 0. The molecule has 0 aliphatic heterocycles. The largest absolute Gasteiger partial charge is 0.208 e. The zero-order chi connectivity index (χ0) is 98.6. The van der Waals surface area contributed by atoms with E-state index in [1.807, 2.05) is 140 Å². The molecule has 9 nitrogen and oxygen atoms in total. The van der Waals surface area contributed by atoms with E-state index >= 15 is 0 Å². The van der Waals surface area contributed by atoms with Gasteiger partial charge in [-0.2, -0.15) is 0 Å². The maximum absolute atomic E-state index is 14.2. The van der Waals surface area contributed by atoms with E-state index in [4.69, 9.17) is 0 Å². The number of aromatic nitrogens is 9. The second-order valence-electron chi connectivity index (χ2n) is 34.1. The highest BCUT2D eigenvalue weighted by molar-refractivity contribution is 6.05. The molecular formula is C123H71F12N9. The predicted molar refractivity (Wildman–Crippen MR) is 544 cm³/mol. The summed E-state index contributed by atoms with van der Waals surface area (Å²) in [5.74, 6) is -9.47. The highest BCUT2D eigenvalue weighted by Crippen LogP contribution is 2.41. The molecule has 0 saturated carbocycles. The minimum absolute atomic E-state index is 0.0402. The Balaban J connectivity index is 0.000000128. The molecule has 21 heteroatoms. The lowest BCUT2D eigenvalue weighted by molar-refractivity contribution is 0.582. The zero-order valence-electron chi connectivity index (χ0n) is 75.6. The van der Waals surface area contributed by atoms with E-state index in [-0.39, 0.29) is 85.8 Å². The Morgan fingerprint density at radius 3 is 0.451 bits per heavy atom. The number of fused-ring (bicyclic) bond motifs is 3. The first-order chi connectivity index (χ1) is 70.1. The van der Waals surface area contributed by atoms with E-state index < -0.39 is 69.8 Å². The van der Waals surface area contributed by atoms with Crippen LogP contribution in [-0.4, -0.2) is 44.9 Å². The highest BCUT2D eigenvalue weighted by atomic mass is 19.2. The van der Waals surface area contributed by atoms with E-state index in [0.717, 1.165) is 219 Å². The molecule has 0 radical (unpaired) electrons. The van der Waals surface area contributed by atoms with E-state index in [1.165, 1.54) is 11.1 Å². The molecule has 0 aliphatic carbocycles. The summed E-state index contributed by atoms with van der Waals surface area (Å²) >= 11 is 0. The molecule has 0 N–H and O–H groups in total. The van der Waals surface area contributed by atoms with Gasteiger partial charge in [0.25, 0.3) is 0 Å². The standard InChI is InChI=1S/2C43H25F4N3.C37H21F4N3/c44-33-20-31(21-34(45)24-33)42-48-41(49-43(50-42)32-22-35(46)25-36(47)23-32)30-16-14-29(15-17-30)38-19-18-37(39-8-4-5-9-40(38)39)28-12-10-27(11-13-28)26-6-2-1-3-7-26;44-37-20-35(21-38(45)24-37)42-48-41(49-43(50-42)36-22-39(46)25-40(47)23-36)30-12-10-29(11-13-30)32-15-17-33-18-31(14-16-34(33)19-32)28-8-6-27(7-9-28)26-4-2-1-3-5-26;38-31-16-29(17-32(39)20-31)36-42-35(43-37(44-36)30-18-33(40)21-34(41)19-30)24-8-6-23(7-9-24)26-11-13-27-14-25(10-12-28(27)15-26)22-4-2-1-3-5-22/h2*1-25H;1-21H. The number of benzene rings is 20. The molecule has 3 heterocycles. The molecule has 0 aliphatic rings. The van der Waals surface area contributed by atoms with Crippen molar-refractivity contribution in [2.45, 2.75) is 0 Å². The fourth-order valence-corrected chi connectivity index (χ4v) is 17.4. The lowest BCUT2D eigenvalue weighted by atomic mass is 9.91. The van der Waals surface area contributed by atoms with Crippen molar-refractivity contribution >= 4 is 32.3 Å². The lowest BCUT2D eigenvalue weighted by Gasteiger charge is -2.13. The second kappa shape index (κ2) is 40.1. The SMILES string of the molecule is Fc1cc(F)cc(-c2nc(-c3ccc(-c4ccc(-c5ccc(-c6ccccc6)cc5)c5ccccc45)cc3)nc(-c3cc(F)cc(F)c3)n2)c1.Fc1cc(F)cc(-c2nc(-c3ccc(-c4ccc5cc(-c6ccc(-c7ccccc7)cc6)ccc5c4)cc3)nc(-c3cc(F)cc(F)c3)n2)c1.Fc1cc(F)cc(-c2nc(-c3ccc(-c4ccc5cc(-c6ccccc6)ccc5c4)cc3)nc(-c3cc(F)cc(F)c3)n2)c1. The first-order valence-corrected chi connectivity index (χ1v) is 45.5. The Morgan fingerprint density at radius 2 is 0.250 bits per heavy atom. The molecule has 144 heavy (non-hydrogen) atoms. The smallest absolute Gasteiger partial charge is 0.164 e. The van der Waals surface area contributed by atoms with Crippen LogP contribution >= 0.6 is 0 Å². The van der Waals surface area contributed by atoms with Crippen LogP contribution in [0.2, 0.25) is 0 Å². The molecule has 0 atom stereocenters. The van der Waals surface area contributed by atoms with Gasteiger partial charge in [0, 0.05) is 86.5 Å². The van der Waals surface area contributed by atoms with Gasteiger partial charge in [-0.3, -0.25) is 0 Å². The van der Waals surface area contributed by atoms with Crippen LogP contribution in [0.3, 0.4) is 0 Å². The third kappa shape index (κ3) is 20.6. The van der Waals surface area contributed by atoms with E-state index in [1.54, 1.807) is 0 Å². The predicted octanol–water partition coefficient (Wildman–Crippen LogP) is 33.1. The van der Waals surface area contributed by atoms with E-state index in [9.17, 15) is 52.7 Å². The van der Waals surface area contributed by atoms with Crippen LogP contribution in [0.1, 0.15) is 0 Å². The van der Waals surface area contributed by atoms with Gasteiger partial charge in [-0.15, -0.1) is 0 Å². The van der Waals surface area contributed by atoms with Crippen molar-refractivity contribution in [3.63, 3.8) is 0 Å². The van der Waals surface area contributed by atoms with Crippen molar-refractivity contribution in [2.75, 3.05) is 0 Å². The first kappa shape index (κ1) is 91.8. The average Bonchev–Trinajstić information content (AvgIpc) is 0.771. The molecule has 0 fully saturated rings. The van der Waals surface area contributed by atoms with Gasteiger partial charge >= 0.3 is 0 Å². The van der Waals surface area contributed by atoms with Crippen molar-refractivity contribution in [2.24, 2.45) is 0 Å². The zero-order valence-corrected chi connectivity index (χ0v) is 75.6. The summed E-state index contributed by atoms with van der Waals surface area (Å²) in [6, 6.07) is 126. The topological polar surface area (TPSA) is 116 Å². The van der Waals surface area contributed by atoms with Gasteiger partial charge in [0.1, 0.15) is 69.8 Å². The van der Waals surface area contributed by atoms with E-state index in [2.05, 4.69) is 227 Å². The van der Waals surface area contributed by atoms with Crippen molar-refractivity contribution in [3.05, 3.63) is 501 Å². The molecule has 3 aromatic heterocycles. The number of hydrogen-bond acceptors (Lipinski definition) is 9. The van der Waals surface area contributed by atoms with Crippen molar-refractivity contribution < 1.29 is 52.7 Å². The van der Waals surface area contributed by atoms with Crippen molar-refractivity contribution in [1.82, 2.24) is 44.9 Å². The Morgan fingerprint density at radius 1 is 0.104 bits per heavy atom. The summed E-state index contributed by atoms with van der Waals surface area (Å²) in [5.41, 5.74) is 19.5. The van der Waals surface area contributed by atoms with Gasteiger partial charge in [-0.25, -0.2) is 97.5 Å². The summed E-state index contributed by atoms with van der Waals surface area (Å²) in [4.78, 5) is 39.8. The monoisotopic (exact) mass is 1900 g/mol. The second-order valence-corrected chi connectivity index (χ2v) is 34.1. The average molecular weight is 1900 g/mol. The molecular weight excluding hydrogens is 1830 g/mol. The number of nitrogens with zero attached hydrogens (tertiary/aromatic N) is 9. The molecule has 23 rings (SSSR count). The van der Waals surface area contributed by atoms with Gasteiger partial charge in [-0.05, 0) is 218 Å². The van der Waals surface area contributed by atoms with Crippen molar-refractivity contribution in [1.29, 1.82) is 0 Å². The molecule has 0 bridgehead atoms. The summed E-state index contributed by atoms with van der Waals surface area (Å²) in [5, 5.41) is 6.62. The summed E-state index contributed by atoms with van der Waals surface area (Å²) in [6.07, 6.45) is 0. The fourth-order valence-electron chi connectivity index (χ4n) is 17.4. The normalized spacial score (nSPS) is 11.2. The Bertz CT molecular complexity index is 8490. The number of halogens is 12. The molecule has 23 aromatic rings. The Labute approximate surface area is 817 Å². The first-order valence-electron chi connectivity index (χ1n) is 45.5. The van der Waals surface area contributed by atoms with Crippen LogP contribution in [0.15, 0.2) is 431 Å². The van der Waals surface area contributed by atoms with E-state index in [0.29, 0.717) is 16.7 Å². The molecule has 692 valence electrons. The summed E-state index contributed by atoms with van der Waals surface area (Å²) in [6.45, 7) is 0. The Hall–Kier alpha value is -18.6. The van der Waals surface area contributed by atoms with Crippen molar-refractivity contribution in [3.8, 4) is 192 Å². The lowest BCUT2D eigenvalue weighted by Crippen LogP contribution is -2.01. The minimum atomic E-state index is -0.813. The van der Waals surface area contributed by atoms with Crippen LogP contribution in [0.25, 0.3) is 224 Å². The van der Waals surface area contributed by atoms with Crippen LogP contribution in [-0.2, 0) is 0 Å². The van der Waals surface area contributed by atoms with Gasteiger partial charge in [-0.1, -0.05) is 297 Å². The maximum Gasteiger partial charge on any atom is 0.164 e. The summed E-state index contributed by atoms with van der Waals surface area (Å²) < 4.78 is 169. The Kier molecular flexibility index (Phi) is 25.5. The number of rotatable bonds is 17. The molecule has 0 unspecified atom stereocenters. The highest BCUT2D eigenvalue weighted by Gasteiger charge is 2.23. The molecule has 0 spiro atoms. The van der Waals surface area contributed by atoms with Gasteiger partial charge in [0.15, 0.2) is 52.4 Å². The minimum Gasteiger partial charge on any atom is -0.208 e. The van der Waals surface area contributed by atoms with Gasteiger partial charge < -0.3 is 0 Å². The third-order valence-electron chi connectivity index (χ3n) is 24.4. The quantitative estimate of drug-likeness (QED) is 0.0822. The molecule has 20 aromatic carbocycles. The van der Waals surface area contributed by atoms with Crippen LogP contribution in [0.4, 0.5) is 52.7 Å². The van der Waals surface area contributed by atoms with Gasteiger partial charge in [0.2, 0.25) is 0 Å². The van der Waals surface area contributed by atoms with Crippen LogP contribution in [0.5, 0.6) is 0 Å². The fraction of sp³-hybridized carbons (Fsp3) is 0. The van der Waals surface area contributed by atoms with Crippen LogP contribution in [0, 0.1) is 69.8 Å². The molecule has 0 amide bonds.